The van der Waals surface area contributed by atoms with Crippen molar-refractivity contribution in [2.24, 2.45) is 0 Å². The standard InChI is InChI=1S/C19H22FNO2/c1-2-14(15-8-4-3-5-9-15)12-19(23)21-13-18(22)16-10-6-7-11-17(16)20/h3-11,14,18,22H,2,12-13H2,1H3,(H,21,23). The first-order valence-electron chi connectivity index (χ1n) is 7.86. The first kappa shape index (κ1) is 17.2. The third-order valence-corrected chi connectivity index (χ3v) is 3.95. The SMILES string of the molecule is CCC(CC(=O)NCC(O)c1ccccc1F)c1ccccc1. The molecule has 2 aromatic rings. The fourth-order valence-electron chi connectivity index (χ4n) is 2.58. The van der Waals surface area contributed by atoms with Gasteiger partial charge in [-0.2, -0.15) is 0 Å². The lowest BCUT2D eigenvalue weighted by molar-refractivity contribution is -0.122. The zero-order valence-corrected chi connectivity index (χ0v) is 13.2. The maximum Gasteiger partial charge on any atom is 0.220 e. The molecule has 2 aromatic carbocycles. The highest BCUT2D eigenvalue weighted by Gasteiger charge is 2.16. The highest BCUT2D eigenvalue weighted by Crippen LogP contribution is 2.23. The minimum absolute atomic E-state index is 0.00495. The van der Waals surface area contributed by atoms with E-state index in [-0.39, 0.29) is 23.9 Å². The molecule has 0 aromatic heterocycles. The second-order valence-electron chi connectivity index (χ2n) is 5.56. The van der Waals surface area contributed by atoms with E-state index >= 15 is 0 Å². The Morgan fingerprint density at radius 1 is 1.13 bits per heavy atom. The Hall–Kier alpha value is -2.20. The second kappa shape index (κ2) is 8.44. The summed E-state index contributed by atoms with van der Waals surface area (Å²) < 4.78 is 13.6. The molecule has 0 fully saturated rings. The van der Waals surface area contributed by atoms with Crippen LogP contribution in [0.4, 0.5) is 4.39 Å². The Bertz CT molecular complexity index is 630. The van der Waals surface area contributed by atoms with E-state index in [9.17, 15) is 14.3 Å². The average Bonchev–Trinajstić information content (AvgIpc) is 2.58. The van der Waals surface area contributed by atoms with E-state index in [1.54, 1.807) is 12.1 Å². The van der Waals surface area contributed by atoms with Gasteiger partial charge in [-0.1, -0.05) is 55.5 Å². The van der Waals surface area contributed by atoms with Crippen LogP contribution in [0, 0.1) is 5.82 Å². The lowest BCUT2D eigenvalue weighted by atomic mass is 9.93. The molecule has 122 valence electrons. The Morgan fingerprint density at radius 3 is 2.43 bits per heavy atom. The Balaban J connectivity index is 1.88. The summed E-state index contributed by atoms with van der Waals surface area (Å²) in [5.41, 5.74) is 1.32. The smallest absolute Gasteiger partial charge is 0.220 e. The predicted molar refractivity (Wildman–Crippen MR) is 88.5 cm³/mol. The molecule has 0 bridgehead atoms. The molecular weight excluding hydrogens is 293 g/mol. The highest BCUT2D eigenvalue weighted by molar-refractivity contribution is 5.76. The molecule has 0 heterocycles. The normalized spacial score (nSPS) is 13.3. The van der Waals surface area contributed by atoms with Gasteiger partial charge in [-0.3, -0.25) is 4.79 Å². The molecule has 0 spiro atoms. The van der Waals surface area contributed by atoms with E-state index in [2.05, 4.69) is 5.32 Å². The molecule has 0 aliphatic carbocycles. The van der Waals surface area contributed by atoms with Gasteiger partial charge in [-0.25, -0.2) is 4.39 Å². The van der Waals surface area contributed by atoms with Crippen LogP contribution in [0.15, 0.2) is 54.6 Å². The zero-order chi connectivity index (χ0) is 16.7. The molecular formula is C19H22FNO2. The van der Waals surface area contributed by atoms with E-state index in [0.717, 1.165) is 12.0 Å². The topological polar surface area (TPSA) is 49.3 Å². The van der Waals surface area contributed by atoms with Crippen molar-refractivity contribution in [2.45, 2.75) is 31.8 Å². The van der Waals surface area contributed by atoms with Crippen LogP contribution >= 0.6 is 0 Å². The van der Waals surface area contributed by atoms with E-state index in [4.69, 9.17) is 0 Å². The van der Waals surface area contributed by atoms with Crippen molar-refractivity contribution in [3.05, 3.63) is 71.5 Å². The Morgan fingerprint density at radius 2 is 1.78 bits per heavy atom. The first-order chi connectivity index (χ1) is 11.1. The number of aliphatic hydroxyl groups is 1. The molecule has 0 saturated heterocycles. The number of aliphatic hydroxyl groups excluding tert-OH is 1. The van der Waals surface area contributed by atoms with Crippen LogP contribution in [0.1, 0.15) is 42.9 Å². The molecule has 2 atom stereocenters. The molecule has 2 rings (SSSR count). The maximum atomic E-state index is 13.6. The summed E-state index contributed by atoms with van der Waals surface area (Å²) in [6, 6.07) is 15.9. The monoisotopic (exact) mass is 315 g/mol. The number of halogens is 1. The van der Waals surface area contributed by atoms with Crippen LogP contribution in [0.3, 0.4) is 0 Å². The minimum atomic E-state index is -1.04. The first-order valence-corrected chi connectivity index (χ1v) is 7.86. The van der Waals surface area contributed by atoms with Gasteiger partial charge >= 0.3 is 0 Å². The van der Waals surface area contributed by atoms with Crippen molar-refractivity contribution in [3.63, 3.8) is 0 Å². The van der Waals surface area contributed by atoms with E-state index in [0.29, 0.717) is 6.42 Å². The van der Waals surface area contributed by atoms with Crippen LogP contribution in [0.5, 0.6) is 0 Å². The van der Waals surface area contributed by atoms with Crippen molar-refractivity contribution >= 4 is 5.91 Å². The zero-order valence-electron chi connectivity index (χ0n) is 13.2. The number of benzene rings is 2. The third-order valence-electron chi connectivity index (χ3n) is 3.95. The molecule has 1 amide bonds. The van der Waals surface area contributed by atoms with Gasteiger partial charge in [-0.05, 0) is 24.0 Å². The van der Waals surface area contributed by atoms with Crippen LogP contribution in [-0.2, 0) is 4.79 Å². The van der Waals surface area contributed by atoms with Gasteiger partial charge in [-0.15, -0.1) is 0 Å². The van der Waals surface area contributed by atoms with Gasteiger partial charge in [0.05, 0.1) is 6.10 Å². The molecule has 23 heavy (non-hydrogen) atoms. The lowest BCUT2D eigenvalue weighted by Crippen LogP contribution is -2.29. The Kier molecular flexibility index (Phi) is 6.29. The Labute approximate surface area is 136 Å². The summed E-state index contributed by atoms with van der Waals surface area (Å²) >= 11 is 0. The van der Waals surface area contributed by atoms with E-state index in [1.807, 2.05) is 37.3 Å². The molecule has 3 nitrogen and oxygen atoms in total. The van der Waals surface area contributed by atoms with Crippen molar-refractivity contribution in [2.75, 3.05) is 6.54 Å². The molecule has 0 aliphatic heterocycles. The predicted octanol–water partition coefficient (Wildman–Crippen LogP) is 3.56. The van der Waals surface area contributed by atoms with Crippen molar-refractivity contribution in [1.82, 2.24) is 5.32 Å². The number of hydrogen-bond donors (Lipinski definition) is 2. The number of carbonyl (C=O) groups excluding carboxylic acids is 1. The quantitative estimate of drug-likeness (QED) is 0.821. The van der Waals surface area contributed by atoms with Gasteiger partial charge in [0, 0.05) is 18.5 Å². The number of nitrogens with one attached hydrogen (secondary N) is 1. The number of rotatable bonds is 7. The number of amides is 1. The molecule has 0 radical (unpaired) electrons. The largest absolute Gasteiger partial charge is 0.386 e. The van der Waals surface area contributed by atoms with Crippen molar-refractivity contribution < 1.29 is 14.3 Å². The van der Waals surface area contributed by atoms with E-state index in [1.165, 1.54) is 12.1 Å². The van der Waals surface area contributed by atoms with Crippen molar-refractivity contribution in [3.8, 4) is 0 Å². The van der Waals surface area contributed by atoms with E-state index < -0.39 is 11.9 Å². The lowest BCUT2D eigenvalue weighted by Gasteiger charge is -2.17. The fourth-order valence-corrected chi connectivity index (χ4v) is 2.58. The van der Waals surface area contributed by atoms with Crippen LogP contribution in [0.25, 0.3) is 0 Å². The number of hydrogen-bond acceptors (Lipinski definition) is 2. The van der Waals surface area contributed by atoms with Gasteiger partial charge in [0.2, 0.25) is 5.91 Å². The minimum Gasteiger partial charge on any atom is -0.386 e. The summed E-state index contributed by atoms with van der Waals surface area (Å²) in [4.78, 5) is 12.1. The maximum absolute atomic E-state index is 13.6. The molecule has 2 unspecified atom stereocenters. The number of carbonyl (C=O) groups is 1. The van der Waals surface area contributed by atoms with Crippen molar-refractivity contribution in [1.29, 1.82) is 0 Å². The summed E-state index contributed by atoms with van der Waals surface area (Å²) in [7, 11) is 0. The van der Waals surface area contributed by atoms with Gasteiger partial charge < -0.3 is 10.4 Å². The van der Waals surface area contributed by atoms with Gasteiger partial charge in [0.1, 0.15) is 5.82 Å². The fraction of sp³-hybridized carbons (Fsp3) is 0.316. The van der Waals surface area contributed by atoms with Crippen LogP contribution in [-0.4, -0.2) is 17.6 Å². The third kappa shape index (κ3) is 4.89. The summed E-state index contributed by atoms with van der Waals surface area (Å²) in [6.07, 6.45) is 0.162. The van der Waals surface area contributed by atoms with Gasteiger partial charge in [0.15, 0.2) is 0 Å². The molecule has 4 heteroatoms. The molecule has 0 aliphatic rings. The highest BCUT2D eigenvalue weighted by atomic mass is 19.1. The van der Waals surface area contributed by atoms with Crippen LogP contribution < -0.4 is 5.32 Å². The summed E-state index contributed by atoms with van der Waals surface area (Å²) in [5.74, 6) is -0.470. The van der Waals surface area contributed by atoms with Crippen LogP contribution in [0.2, 0.25) is 0 Å². The summed E-state index contributed by atoms with van der Waals surface area (Å²) in [5, 5.41) is 12.7. The average molecular weight is 315 g/mol. The summed E-state index contributed by atoms with van der Waals surface area (Å²) in [6.45, 7) is 2.05. The second-order valence-corrected chi connectivity index (χ2v) is 5.56. The van der Waals surface area contributed by atoms with Gasteiger partial charge in [0.25, 0.3) is 0 Å². The molecule has 2 N–H and O–H groups in total. The molecule has 0 saturated carbocycles.